The van der Waals surface area contributed by atoms with Crippen LogP contribution in [0.2, 0.25) is 0 Å². The molecule has 0 unspecified atom stereocenters. The first-order valence-corrected chi connectivity index (χ1v) is 2.29. The van der Waals surface area contributed by atoms with E-state index < -0.39 is 0 Å². The third-order valence-electron chi connectivity index (χ3n) is 0.863. The monoisotopic (exact) mass is 126 g/mol. The minimum absolute atomic E-state index is 0.0648. The van der Waals surface area contributed by atoms with Crippen LogP contribution in [0, 0.1) is 5.41 Å². The van der Waals surface area contributed by atoms with Crippen molar-refractivity contribution in [1.29, 1.82) is 5.41 Å². The second-order valence-electron chi connectivity index (χ2n) is 1.51. The van der Waals surface area contributed by atoms with Crippen molar-refractivity contribution in [3.05, 3.63) is 18.2 Å². The fourth-order valence-corrected chi connectivity index (χ4v) is 0.490. The van der Waals surface area contributed by atoms with E-state index in [-0.39, 0.29) is 11.7 Å². The van der Waals surface area contributed by atoms with E-state index in [0.717, 1.165) is 0 Å². The number of hydrogen-bond acceptors (Lipinski definition) is 3. The molecule has 0 aliphatic rings. The number of hydrogen-bond donors (Lipinski definition) is 3. The summed E-state index contributed by atoms with van der Waals surface area (Å²) in [6.45, 7) is 0. The molecule has 0 radical (unpaired) electrons. The first-order chi connectivity index (χ1) is 4.22. The van der Waals surface area contributed by atoms with Gasteiger partial charge in [0.15, 0.2) is 5.84 Å². The van der Waals surface area contributed by atoms with E-state index >= 15 is 0 Å². The number of rotatable bonds is 1. The van der Waals surface area contributed by atoms with E-state index in [1.54, 1.807) is 0 Å². The summed E-state index contributed by atoms with van der Waals surface area (Å²) < 4.78 is 0.697. The first-order valence-electron chi connectivity index (χ1n) is 2.29. The molecule has 0 amide bonds. The van der Waals surface area contributed by atoms with Gasteiger partial charge in [-0.3, -0.25) is 5.41 Å². The minimum Gasteiger partial charge on any atom is -0.427 e. The molecule has 4 N–H and O–H groups in total. The van der Waals surface area contributed by atoms with Crippen molar-refractivity contribution in [2.75, 3.05) is 0 Å². The van der Waals surface area contributed by atoms with Crippen LogP contribution in [0.5, 0.6) is 0 Å². The van der Waals surface area contributed by atoms with Crippen molar-refractivity contribution in [3.63, 3.8) is 0 Å². The summed E-state index contributed by atoms with van der Waals surface area (Å²) in [6, 6.07) is 0. The molecule has 9 heavy (non-hydrogen) atoms. The standard InChI is InChI=1S/C4H6N4O/c5-3(6)4-7-1-2-8(4)9/h1-2,9H,(H3,5,6). The fourth-order valence-electron chi connectivity index (χ4n) is 0.490. The summed E-state index contributed by atoms with van der Waals surface area (Å²) in [5.74, 6) is -0.183. The van der Waals surface area contributed by atoms with Gasteiger partial charge >= 0.3 is 0 Å². The lowest BCUT2D eigenvalue weighted by molar-refractivity contribution is 0.184. The van der Waals surface area contributed by atoms with Gasteiger partial charge in [-0.05, 0) is 0 Å². The molecule has 1 aromatic heterocycles. The Morgan fingerprint density at radius 3 is 2.78 bits per heavy atom. The van der Waals surface area contributed by atoms with Gasteiger partial charge in [-0.2, -0.15) is 4.73 Å². The van der Waals surface area contributed by atoms with E-state index in [2.05, 4.69) is 4.98 Å². The highest BCUT2D eigenvalue weighted by Gasteiger charge is 2.01. The topological polar surface area (TPSA) is 87.9 Å². The Morgan fingerprint density at radius 1 is 1.89 bits per heavy atom. The van der Waals surface area contributed by atoms with Crippen molar-refractivity contribution in [2.45, 2.75) is 0 Å². The van der Waals surface area contributed by atoms with Gasteiger partial charge in [0.25, 0.3) is 0 Å². The number of nitrogens with two attached hydrogens (primary N) is 1. The summed E-state index contributed by atoms with van der Waals surface area (Å²) in [7, 11) is 0. The van der Waals surface area contributed by atoms with Gasteiger partial charge in [0.05, 0.1) is 6.20 Å². The van der Waals surface area contributed by atoms with E-state index in [1.807, 2.05) is 0 Å². The summed E-state index contributed by atoms with van der Waals surface area (Å²) in [5.41, 5.74) is 5.00. The summed E-state index contributed by atoms with van der Waals surface area (Å²) in [4.78, 5) is 3.58. The first kappa shape index (κ1) is 5.61. The SMILES string of the molecule is N=C(N)c1nccn1O. The van der Waals surface area contributed by atoms with Gasteiger partial charge in [0.1, 0.15) is 0 Å². The lowest BCUT2D eigenvalue weighted by Crippen LogP contribution is -2.16. The Bertz CT molecular complexity index is 228. The molecular formula is C4H6N4O. The van der Waals surface area contributed by atoms with Gasteiger partial charge in [-0.25, -0.2) is 4.98 Å². The van der Waals surface area contributed by atoms with Crippen LogP contribution in [0.15, 0.2) is 12.4 Å². The van der Waals surface area contributed by atoms with Crippen LogP contribution in [0.25, 0.3) is 0 Å². The highest BCUT2D eigenvalue weighted by atomic mass is 16.5. The van der Waals surface area contributed by atoms with Gasteiger partial charge in [0, 0.05) is 6.20 Å². The van der Waals surface area contributed by atoms with Crippen molar-refractivity contribution < 1.29 is 5.21 Å². The molecule has 1 heterocycles. The second-order valence-corrected chi connectivity index (χ2v) is 1.51. The maximum absolute atomic E-state index is 8.75. The number of nitrogen functional groups attached to an aromatic ring is 1. The molecule has 0 aliphatic carbocycles. The Kier molecular flexibility index (Phi) is 1.11. The number of amidine groups is 1. The molecule has 0 aliphatic heterocycles. The molecule has 0 saturated heterocycles. The number of imidazole rings is 1. The summed E-state index contributed by atoms with van der Waals surface area (Å²) >= 11 is 0. The van der Waals surface area contributed by atoms with Crippen molar-refractivity contribution >= 4 is 5.84 Å². The third-order valence-corrected chi connectivity index (χ3v) is 0.863. The Labute approximate surface area is 51.2 Å². The largest absolute Gasteiger partial charge is 0.427 e. The molecular weight excluding hydrogens is 120 g/mol. The lowest BCUT2D eigenvalue weighted by Gasteiger charge is -1.93. The van der Waals surface area contributed by atoms with Crippen LogP contribution in [-0.2, 0) is 0 Å². The molecule has 1 aromatic rings. The predicted octanol–water partition coefficient (Wildman–Crippen LogP) is -0.596. The third kappa shape index (κ3) is 0.835. The molecule has 48 valence electrons. The van der Waals surface area contributed by atoms with Crippen molar-refractivity contribution in [3.8, 4) is 0 Å². The van der Waals surface area contributed by atoms with Crippen LogP contribution in [-0.4, -0.2) is 20.8 Å². The lowest BCUT2D eigenvalue weighted by atomic mass is 10.6. The van der Waals surface area contributed by atoms with Crippen LogP contribution < -0.4 is 5.73 Å². The minimum atomic E-state index is -0.248. The molecule has 1 rings (SSSR count). The molecule has 0 atom stereocenters. The predicted molar refractivity (Wildman–Crippen MR) is 30.4 cm³/mol. The van der Waals surface area contributed by atoms with Crippen LogP contribution in [0.4, 0.5) is 0 Å². The normalized spacial score (nSPS) is 9.33. The molecule has 5 nitrogen and oxygen atoms in total. The Hall–Kier alpha value is -1.52. The van der Waals surface area contributed by atoms with E-state index in [9.17, 15) is 0 Å². The van der Waals surface area contributed by atoms with Crippen LogP contribution in [0.1, 0.15) is 5.82 Å². The number of nitrogens with zero attached hydrogens (tertiary/aromatic N) is 2. The fraction of sp³-hybridized carbons (Fsp3) is 0. The molecule has 0 bridgehead atoms. The average molecular weight is 126 g/mol. The van der Waals surface area contributed by atoms with Crippen molar-refractivity contribution in [2.24, 2.45) is 5.73 Å². The van der Waals surface area contributed by atoms with Gasteiger partial charge in [0.2, 0.25) is 5.82 Å². The Morgan fingerprint density at radius 2 is 2.56 bits per heavy atom. The maximum atomic E-state index is 8.75. The van der Waals surface area contributed by atoms with Crippen molar-refractivity contribution in [1.82, 2.24) is 9.71 Å². The summed E-state index contributed by atoms with van der Waals surface area (Å²) in [5, 5.41) is 15.6. The highest BCUT2D eigenvalue weighted by molar-refractivity contribution is 5.91. The zero-order valence-electron chi connectivity index (χ0n) is 4.57. The maximum Gasteiger partial charge on any atom is 0.209 e. The number of aromatic nitrogens is 2. The summed E-state index contributed by atoms with van der Waals surface area (Å²) in [6.07, 6.45) is 2.66. The average Bonchev–Trinajstić information content (AvgIpc) is 2.13. The molecule has 0 spiro atoms. The molecule has 5 heteroatoms. The van der Waals surface area contributed by atoms with E-state index in [1.165, 1.54) is 12.4 Å². The second kappa shape index (κ2) is 1.77. The smallest absolute Gasteiger partial charge is 0.209 e. The molecule has 0 saturated carbocycles. The quantitative estimate of drug-likeness (QED) is 0.267. The van der Waals surface area contributed by atoms with Gasteiger partial charge in [-0.1, -0.05) is 0 Å². The van der Waals surface area contributed by atoms with Crippen LogP contribution >= 0.6 is 0 Å². The van der Waals surface area contributed by atoms with Crippen LogP contribution in [0.3, 0.4) is 0 Å². The zero-order chi connectivity index (χ0) is 6.85. The molecule has 0 aromatic carbocycles. The number of nitrogens with one attached hydrogen (secondary N) is 1. The van der Waals surface area contributed by atoms with Gasteiger partial charge < -0.3 is 10.9 Å². The van der Waals surface area contributed by atoms with E-state index in [0.29, 0.717) is 4.73 Å². The Balaban J connectivity index is 3.08. The molecule has 0 fully saturated rings. The zero-order valence-corrected chi connectivity index (χ0v) is 4.57. The highest BCUT2D eigenvalue weighted by Crippen LogP contribution is 1.89. The van der Waals surface area contributed by atoms with Gasteiger partial charge in [-0.15, -0.1) is 0 Å². The van der Waals surface area contributed by atoms with E-state index in [4.69, 9.17) is 16.4 Å².